The lowest BCUT2D eigenvalue weighted by atomic mass is 9.87. The van der Waals surface area contributed by atoms with E-state index >= 15 is 0 Å². The van der Waals surface area contributed by atoms with E-state index in [1.807, 2.05) is 0 Å². The second-order valence-electron chi connectivity index (χ2n) is 14.3. The summed E-state index contributed by atoms with van der Waals surface area (Å²) in [4.78, 5) is 98.3. The molecule has 0 aromatic carbocycles. The lowest BCUT2D eigenvalue weighted by molar-refractivity contribution is -0.137. The molecule has 61 heavy (non-hydrogen) atoms. The lowest BCUT2D eigenvalue weighted by Gasteiger charge is -2.30. The maximum Gasteiger partial charge on any atom is 0.481 e. The van der Waals surface area contributed by atoms with Crippen molar-refractivity contribution in [2.24, 2.45) is 5.41 Å². The average molecular weight is 952 g/mol. The molecule has 0 aliphatic carbocycles. The van der Waals surface area contributed by atoms with Gasteiger partial charge in [-0.05, 0) is 12.8 Å². The number of thioether (sulfide) groups is 1. The van der Waals surface area contributed by atoms with Crippen LogP contribution in [-0.4, -0.2) is 134 Å². The van der Waals surface area contributed by atoms with Crippen LogP contribution in [0.4, 0.5) is 5.82 Å². The van der Waals surface area contributed by atoms with E-state index in [1.165, 1.54) is 13.8 Å². The Morgan fingerprint density at radius 2 is 1.57 bits per heavy atom. The number of unbranched alkanes of at least 4 members (excludes halogenated alkanes) is 5. The molecule has 346 valence electrons. The number of rotatable bonds is 28. The first-order chi connectivity index (χ1) is 28.4. The van der Waals surface area contributed by atoms with E-state index in [0.717, 1.165) is 61.1 Å². The third kappa shape index (κ3) is 18.0. The van der Waals surface area contributed by atoms with Crippen molar-refractivity contribution in [1.82, 2.24) is 30.2 Å². The Balaban J connectivity index is 1.39. The minimum Gasteiger partial charge on any atom is -0.481 e. The smallest absolute Gasteiger partial charge is 0.481 e. The number of nitrogens with zero attached hydrogens (tertiary/aromatic N) is 4. The van der Waals surface area contributed by atoms with Crippen LogP contribution in [0.2, 0.25) is 0 Å². The molecule has 3 heterocycles. The summed E-state index contributed by atoms with van der Waals surface area (Å²) in [7, 11) is -16.4. The number of aliphatic hydroxyl groups excluding tert-OH is 2. The summed E-state index contributed by atoms with van der Waals surface area (Å²) < 4.78 is 62.2. The Morgan fingerprint density at radius 3 is 2.23 bits per heavy atom. The molecule has 2 aromatic rings. The number of hydrogen-bond donors (Lipinski definition) is 10. The summed E-state index contributed by atoms with van der Waals surface area (Å²) >= 11 is 1.08. The average Bonchev–Trinajstić information content (AvgIpc) is 3.72. The molecule has 0 radical (unpaired) electrons. The molecule has 3 rings (SSSR count). The molecular weight excluding hydrogens is 899 g/mol. The number of nitrogens with two attached hydrogens (primary N) is 1. The van der Waals surface area contributed by atoms with Gasteiger partial charge in [0.2, 0.25) is 11.8 Å². The highest BCUT2D eigenvalue weighted by atomic mass is 32.2. The predicted octanol–water partition coefficient (Wildman–Crippen LogP) is 0.870. The van der Waals surface area contributed by atoms with Gasteiger partial charge in [-0.25, -0.2) is 28.6 Å². The highest BCUT2D eigenvalue weighted by molar-refractivity contribution is 8.13. The normalized spacial score (nSPS) is 20.8. The molecule has 1 fully saturated rings. The van der Waals surface area contributed by atoms with Gasteiger partial charge in [0.1, 0.15) is 36.3 Å². The van der Waals surface area contributed by atoms with E-state index in [-0.39, 0.29) is 48.0 Å². The number of nitrogen functional groups attached to an aromatic ring is 1. The number of carboxylic acids is 1. The molecule has 1 aliphatic rings. The molecule has 2 unspecified atom stereocenters. The van der Waals surface area contributed by atoms with Gasteiger partial charge in [0.15, 0.2) is 22.8 Å². The van der Waals surface area contributed by atoms with E-state index in [0.29, 0.717) is 18.6 Å². The zero-order chi connectivity index (χ0) is 45.6. The number of ether oxygens (including phenoxy) is 1. The van der Waals surface area contributed by atoms with Crippen molar-refractivity contribution in [1.29, 1.82) is 0 Å². The third-order valence-corrected chi connectivity index (χ3v) is 12.8. The van der Waals surface area contributed by atoms with E-state index in [1.54, 1.807) is 0 Å². The fraction of sp³-hybridized carbons (Fsp3) is 0.710. The molecule has 2 amide bonds. The topological polar surface area (TPSA) is 401 Å². The summed E-state index contributed by atoms with van der Waals surface area (Å²) in [5.41, 5.74) is 4.24. The maximum absolute atomic E-state index is 12.7. The molecular formula is C31H52N7O19P3S. The molecule has 0 spiro atoms. The fourth-order valence-electron chi connectivity index (χ4n) is 5.62. The molecule has 0 saturated carbocycles. The number of nitrogens with one attached hydrogen (secondary N) is 2. The molecule has 7 atom stereocenters. The quantitative estimate of drug-likeness (QED) is 0.0418. The molecule has 26 nitrogen and oxygen atoms in total. The van der Waals surface area contributed by atoms with Crippen molar-refractivity contribution < 1.29 is 90.4 Å². The largest absolute Gasteiger partial charge is 0.481 e. The zero-order valence-corrected chi connectivity index (χ0v) is 36.6. The molecule has 30 heteroatoms. The van der Waals surface area contributed by atoms with Crippen molar-refractivity contribution >= 4 is 75.1 Å². The van der Waals surface area contributed by atoms with Crippen LogP contribution in [0.5, 0.6) is 0 Å². The minimum atomic E-state index is -5.58. The minimum absolute atomic E-state index is 0.0166. The molecule has 1 aliphatic heterocycles. The van der Waals surface area contributed by atoms with Crippen LogP contribution >= 0.6 is 35.2 Å². The van der Waals surface area contributed by atoms with Crippen molar-refractivity contribution in [3.63, 3.8) is 0 Å². The van der Waals surface area contributed by atoms with Gasteiger partial charge >= 0.3 is 29.4 Å². The first kappa shape index (κ1) is 52.4. The monoisotopic (exact) mass is 951 g/mol. The summed E-state index contributed by atoms with van der Waals surface area (Å²) in [6, 6.07) is 0. The SMILES string of the molecule is CC(C)(COP(=O)(O)OP(=O)(O)OC[C@H]1O[C@@H](n2cnc3c(N)ncnc32)[C@H](O)[C@@H]1OP(=O)(O)O)[C@@H](O)C(=O)NCCC(=O)NCCSC(=O)CCCCCCCCC(=O)O. The number of carbonyl (C=O) groups excluding carboxylic acids is 3. The van der Waals surface area contributed by atoms with Crippen LogP contribution in [0, 0.1) is 5.41 Å². The van der Waals surface area contributed by atoms with Gasteiger partial charge in [-0.1, -0.05) is 51.3 Å². The van der Waals surface area contributed by atoms with Crippen LogP contribution < -0.4 is 16.4 Å². The van der Waals surface area contributed by atoms with Crippen molar-refractivity contribution in [2.45, 2.75) is 102 Å². The number of aliphatic carboxylic acids is 1. The van der Waals surface area contributed by atoms with Crippen LogP contribution in [-0.2, 0) is 55.5 Å². The van der Waals surface area contributed by atoms with Gasteiger partial charge in [0.25, 0.3) is 0 Å². The van der Waals surface area contributed by atoms with E-state index in [4.69, 9.17) is 24.6 Å². The number of amides is 2. The summed E-state index contributed by atoms with van der Waals surface area (Å²) in [5, 5.41) is 35.0. The Kier molecular flexibility index (Phi) is 20.3. The number of aromatic nitrogens is 4. The lowest BCUT2D eigenvalue weighted by Crippen LogP contribution is -2.46. The number of fused-ring (bicyclic) bond motifs is 1. The highest BCUT2D eigenvalue weighted by Gasteiger charge is 2.50. The van der Waals surface area contributed by atoms with Gasteiger partial charge in [0, 0.05) is 43.5 Å². The molecule has 11 N–H and O–H groups in total. The van der Waals surface area contributed by atoms with E-state index < -0.39 is 90.5 Å². The maximum atomic E-state index is 12.7. The van der Waals surface area contributed by atoms with Crippen molar-refractivity contribution in [2.75, 3.05) is 37.8 Å². The Morgan fingerprint density at radius 1 is 0.934 bits per heavy atom. The highest BCUT2D eigenvalue weighted by Crippen LogP contribution is 2.61. The first-order valence-electron chi connectivity index (χ1n) is 18.7. The fourth-order valence-corrected chi connectivity index (χ4v) is 9.17. The van der Waals surface area contributed by atoms with Crippen LogP contribution in [0.25, 0.3) is 11.2 Å². The number of anilines is 1. The predicted molar refractivity (Wildman–Crippen MR) is 212 cm³/mol. The number of imidazole rings is 1. The number of carbonyl (C=O) groups is 4. The Bertz CT molecular complexity index is 1950. The summed E-state index contributed by atoms with van der Waals surface area (Å²) in [5.74, 6) is -1.96. The van der Waals surface area contributed by atoms with Crippen molar-refractivity contribution in [3.05, 3.63) is 12.7 Å². The number of phosphoric ester groups is 3. The van der Waals surface area contributed by atoms with Gasteiger partial charge in [-0.2, -0.15) is 4.31 Å². The third-order valence-electron chi connectivity index (χ3n) is 8.79. The van der Waals surface area contributed by atoms with Crippen molar-refractivity contribution in [3.8, 4) is 0 Å². The molecule has 2 aromatic heterocycles. The standard InChI is InChI=1S/C31H52N7O19P3S/c1-31(2,26(44)29(45)34-12-11-20(39)33-13-14-61-22(42)10-8-6-4-3-5-7-9-21(40)41)16-54-60(51,52)57-59(49,50)53-15-19-25(56-58(46,47)48)24(43)30(55-19)38-18-37-23-27(32)35-17-36-28(23)38/h17-19,24-26,30,43-44H,3-16H2,1-2H3,(H,33,39)(H,34,45)(H,40,41)(H,49,50)(H,51,52)(H2,32,35,36)(H2,46,47,48)/t19-,24-,25-,26+,30-/m1/s1. The van der Waals surface area contributed by atoms with Gasteiger partial charge < -0.3 is 56.0 Å². The van der Waals surface area contributed by atoms with Gasteiger partial charge in [0.05, 0.1) is 19.5 Å². The van der Waals surface area contributed by atoms with Gasteiger partial charge in [-0.3, -0.25) is 37.3 Å². The Labute approximate surface area is 353 Å². The van der Waals surface area contributed by atoms with E-state index in [9.17, 15) is 62.7 Å². The zero-order valence-electron chi connectivity index (χ0n) is 33.1. The summed E-state index contributed by atoms with van der Waals surface area (Å²) in [6.45, 7) is 0.428. The molecule has 0 bridgehead atoms. The van der Waals surface area contributed by atoms with Crippen LogP contribution in [0.1, 0.15) is 77.9 Å². The number of hydrogen-bond acceptors (Lipinski definition) is 19. The van der Waals surface area contributed by atoms with E-state index in [2.05, 4.69) is 34.4 Å². The summed E-state index contributed by atoms with van der Waals surface area (Å²) in [6.07, 6.45) is -1.58. The number of aliphatic hydroxyl groups is 2. The molecule has 1 saturated heterocycles. The Hall–Kier alpha value is -2.97. The van der Waals surface area contributed by atoms with Crippen LogP contribution in [0.15, 0.2) is 12.7 Å². The number of phosphoric acid groups is 3. The first-order valence-corrected chi connectivity index (χ1v) is 24.2. The van der Waals surface area contributed by atoms with Gasteiger partial charge in [-0.15, -0.1) is 0 Å². The second kappa shape index (κ2) is 23.6. The number of carboxylic acid groups (broad SMARTS) is 1. The van der Waals surface area contributed by atoms with Crippen LogP contribution in [0.3, 0.4) is 0 Å². The second-order valence-corrected chi connectivity index (χ2v) is 19.7.